The van der Waals surface area contributed by atoms with Gasteiger partial charge in [-0.25, -0.2) is 13.1 Å². The van der Waals surface area contributed by atoms with Gasteiger partial charge in [-0.05, 0) is 48.5 Å². The SMILES string of the molecule is CN(C)c1ccc(/N=N/c2ccc(S(=O)(=O)NCCOCCOCCOCCN)cc2)cc1. The van der Waals surface area contributed by atoms with Crippen LogP contribution in [-0.2, 0) is 24.2 Å². The predicted octanol–water partition coefficient (Wildman–Crippen LogP) is 2.45. The van der Waals surface area contributed by atoms with E-state index >= 15 is 0 Å². The summed E-state index contributed by atoms with van der Waals surface area (Å²) < 4.78 is 43.2. The predicted molar refractivity (Wildman–Crippen MR) is 128 cm³/mol. The quantitative estimate of drug-likeness (QED) is 0.280. The van der Waals surface area contributed by atoms with Gasteiger partial charge < -0.3 is 24.8 Å². The molecule has 11 heteroatoms. The standard InChI is InChI=1S/C22H33N5O5S/c1-27(2)21-7-3-19(4-8-21)25-26-20-5-9-22(10-6-20)33(28,29)24-12-14-31-16-18-32-17-15-30-13-11-23/h3-10,24H,11-18,23H2,1-2H3/b26-25+. The number of anilines is 1. The van der Waals surface area contributed by atoms with E-state index in [9.17, 15) is 8.42 Å². The van der Waals surface area contributed by atoms with Crippen molar-refractivity contribution in [1.82, 2.24) is 4.72 Å². The monoisotopic (exact) mass is 479 g/mol. The molecule has 0 radical (unpaired) electrons. The van der Waals surface area contributed by atoms with Crippen LogP contribution < -0.4 is 15.4 Å². The number of hydrogen-bond acceptors (Lipinski definition) is 9. The molecule has 2 rings (SSSR count). The number of nitrogens with zero attached hydrogens (tertiary/aromatic N) is 3. The molecule has 10 nitrogen and oxygen atoms in total. The van der Waals surface area contributed by atoms with Gasteiger partial charge in [0.05, 0.1) is 55.9 Å². The third-order valence-corrected chi connectivity index (χ3v) is 5.82. The fourth-order valence-corrected chi connectivity index (χ4v) is 3.59. The lowest BCUT2D eigenvalue weighted by molar-refractivity contribution is 0.0171. The van der Waals surface area contributed by atoms with Crippen molar-refractivity contribution in [3.63, 3.8) is 0 Å². The molecule has 33 heavy (non-hydrogen) atoms. The van der Waals surface area contributed by atoms with Crippen molar-refractivity contribution in [1.29, 1.82) is 0 Å². The molecule has 0 heterocycles. The summed E-state index contributed by atoms with van der Waals surface area (Å²) in [6.07, 6.45) is 0. The van der Waals surface area contributed by atoms with Gasteiger partial charge in [0, 0.05) is 32.9 Å². The molecule has 3 N–H and O–H groups in total. The van der Waals surface area contributed by atoms with E-state index in [0.717, 1.165) is 5.69 Å². The van der Waals surface area contributed by atoms with Crippen LogP contribution in [-0.4, -0.2) is 75.2 Å². The van der Waals surface area contributed by atoms with Gasteiger partial charge in [-0.1, -0.05) is 0 Å². The maximum atomic E-state index is 12.4. The molecule has 2 aromatic rings. The summed E-state index contributed by atoms with van der Waals surface area (Å²) in [6.45, 7) is 3.14. The molecule has 0 fully saturated rings. The summed E-state index contributed by atoms with van der Waals surface area (Å²) in [5, 5.41) is 8.34. The number of ether oxygens (including phenoxy) is 3. The smallest absolute Gasteiger partial charge is 0.240 e. The van der Waals surface area contributed by atoms with E-state index in [0.29, 0.717) is 51.0 Å². The maximum Gasteiger partial charge on any atom is 0.240 e. The highest BCUT2D eigenvalue weighted by Gasteiger charge is 2.13. The minimum absolute atomic E-state index is 0.151. The fourth-order valence-electron chi connectivity index (χ4n) is 2.58. The highest BCUT2D eigenvalue weighted by molar-refractivity contribution is 7.89. The first-order valence-electron chi connectivity index (χ1n) is 10.6. The first kappa shape index (κ1) is 26.8. The van der Waals surface area contributed by atoms with Crippen LogP contribution in [0.15, 0.2) is 63.7 Å². The van der Waals surface area contributed by atoms with Gasteiger partial charge in [-0.3, -0.25) is 0 Å². The summed E-state index contributed by atoms with van der Waals surface area (Å²) in [5.41, 5.74) is 7.65. The van der Waals surface area contributed by atoms with E-state index in [-0.39, 0.29) is 18.0 Å². The molecule has 0 aliphatic rings. The Hall–Kier alpha value is -2.41. The minimum atomic E-state index is -3.63. The zero-order chi connectivity index (χ0) is 23.9. The van der Waals surface area contributed by atoms with Gasteiger partial charge in [0.2, 0.25) is 10.0 Å². The Morgan fingerprint density at radius 1 is 0.788 bits per heavy atom. The van der Waals surface area contributed by atoms with Crippen molar-refractivity contribution in [3.05, 3.63) is 48.5 Å². The Bertz CT molecular complexity index is 935. The van der Waals surface area contributed by atoms with Gasteiger partial charge in [0.15, 0.2) is 0 Å². The van der Waals surface area contributed by atoms with E-state index in [1.165, 1.54) is 12.1 Å². The second-order valence-corrected chi connectivity index (χ2v) is 8.90. The minimum Gasteiger partial charge on any atom is -0.378 e. The Morgan fingerprint density at radius 2 is 1.27 bits per heavy atom. The number of nitrogens with one attached hydrogen (secondary N) is 1. The second-order valence-electron chi connectivity index (χ2n) is 7.13. The molecule has 0 saturated carbocycles. The number of hydrogen-bond donors (Lipinski definition) is 2. The lowest BCUT2D eigenvalue weighted by Gasteiger charge is -2.11. The summed E-state index contributed by atoms with van der Waals surface area (Å²) in [4.78, 5) is 2.15. The van der Waals surface area contributed by atoms with Gasteiger partial charge in [-0.15, -0.1) is 0 Å². The molecule has 0 atom stereocenters. The van der Waals surface area contributed by atoms with Crippen LogP contribution in [0.4, 0.5) is 17.1 Å². The maximum absolute atomic E-state index is 12.4. The zero-order valence-electron chi connectivity index (χ0n) is 19.1. The zero-order valence-corrected chi connectivity index (χ0v) is 20.0. The molecule has 0 amide bonds. The molecule has 0 unspecified atom stereocenters. The lowest BCUT2D eigenvalue weighted by atomic mass is 10.3. The van der Waals surface area contributed by atoms with Crippen LogP contribution in [0.3, 0.4) is 0 Å². The van der Waals surface area contributed by atoms with Crippen LogP contribution in [0.1, 0.15) is 0 Å². The van der Waals surface area contributed by atoms with Gasteiger partial charge >= 0.3 is 0 Å². The first-order valence-corrected chi connectivity index (χ1v) is 12.1. The molecule has 2 aromatic carbocycles. The normalized spacial score (nSPS) is 11.8. The lowest BCUT2D eigenvalue weighted by Crippen LogP contribution is -2.27. The average molecular weight is 480 g/mol. The fraction of sp³-hybridized carbons (Fsp3) is 0.455. The molecule has 0 bridgehead atoms. The van der Waals surface area contributed by atoms with Crippen LogP contribution in [0.2, 0.25) is 0 Å². The van der Waals surface area contributed by atoms with Gasteiger partial charge in [0.1, 0.15) is 0 Å². The van der Waals surface area contributed by atoms with Gasteiger partial charge in [-0.2, -0.15) is 10.2 Å². The Kier molecular flexibility index (Phi) is 11.9. The van der Waals surface area contributed by atoms with Crippen LogP contribution in [0.5, 0.6) is 0 Å². The summed E-state index contributed by atoms with van der Waals surface area (Å²) in [5.74, 6) is 0. The molecule has 0 aromatic heterocycles. The Morgan fingerprint density at radius 3 is 1.79 bits per heavy atom. The number of azo groups is 1. The third-order valence-electron chi connectivity index (χ3n) is 4.34. The van der Waals surface area contributed by atoms with Crippen LogP contribution in [0.25, 0.3) is 0 Å². The summed E-state index contributed by atoms with van der Waals surface area (Å²) >= 11 is 0. The van der Waals surface area contributed by atoms with E-state index in [4.69, 9.17) is 19.9 Å². The molecule has 182 valence electrons. The van der Waals surface area contributed by atoms with Crippen molar-refractivity contribution in [2.45, 2.75) is 4.90 Å². The van der Waals surface area contributed by atoms with Crippen LogP contribution in [0, 0.1) is 0 Å². The van der Waals surface area contributed by atoms with E-state index < -0.39 is 10.0 Å². The van der Waals surface area contributed by atoms with Crippen molar-refractivity contribution in [2.75, 3.05) is 71.7 Å². The second kappa shape index (κ2) is 14.7. The molecular formula is C22H33N5O5S. The molecule has 0 aliphatic carbocycles. The average Bonchev–Trinajstić information content (AvgIpc) is 2.81. The van der Waals surface area contributed by atoms with E-state index in [2.05, 4.69) is 15.0 Å². The molecule has 0 spiro atoms. The van der Waals surface area contributed by atoms with Crippen molar-refractivity contribution < 1.29 is 22.6 Å². The molecule has 0 saturated heterocycles. The highest BCUT2D eigenvalue weighted by Crippen LogP contribution is 2.22. The third kappa shape index (κ3) is 10.4. The van der Waals surface area contributed by atoms with E-state index in [1.807, 2.05) is 43.3 Å². The summed E-state index contributed by atoms with van der Waals surface area (Å²) in [6, 6.07) is 13.8. The molecule has 0 aliphatic heterocycles. The van der Waals surface area contributed by atoms with Gasteiger partial charge in [0.25, 0.3) is 0 Å². The van der Waals surface area contributed by atoms with Crippen LogP contribution >= 0.6 is 0 Å². The number of sulfonamides is 1. The Balaban J connectivity index is 1.70. The largest absolute Gasteiger partial charge is 0.378 e. The topological polar surface area (TPSA) is 128 Å². The van der Waals surface area contributed by atoms with Crippen molar-refractivity contribution >= 4 is 27.1 Å². The first-order chi connectivity index (χ1) is 15.9. The highest BCUT2D eigenvalue weighted by atomic mass is 32.2. The van der Waals surface area contributed by atoms with E-state index in [1.54, 1.807) is 12.1 Å². The van der Waals surface area contributed by atoms with Crippen molar-refractivity contribution in [3.8, 4) is 0 Å². The van der Waals surface area contributed by atoms with Crippen molar-refractivity contribution in [2.24, 2.45) is 16.0 Å². The number of benzene rings is 2. The number of nitrogens with two attached hydrogens (primary N) is 1. The number of rotatable bonds is 16. The summed E-state index contributed by atoms with van der Waals surface area (Å²) in [7, 11) is 0.299. The Labute approximate surface area is 195 Å². The molecular weight excluding hydrogens is 446 g/mol.